The molecule has 1 heterocycles. The Balaban J connectivity index is 2.31. The molecule has 2 aromatic rings. The second-order valence-electron chi connectivity index (χ2n) is 5.68. The number of aliphatic hydroxyl groups is 1. The Labute approximate surface area is 154 Å². The molecule has 0 saturated heterocycles. The number of pyridine rings is 1. The number of rotatable bonds is 8. The number of hydrogen-bond donors (Lipinski definition) is 4. The average molecular weight is 378 g/mol. The van der Waals surface area contributed by atoms with Crippen LogP contribution in [0.3, 0.4) is 0 Å². The second-order valence-corrected chi connectivity index (χ2v) is 5.68. The van der Waals surface area contributed by atoms with Crippen molar-refractivity contribution in [1.82, 2.24) is 4.98 Å². The molecule has 0 unspecified atom stereocenters. The first-order valence-electron chi connectivity index (χ1n) is 8.15. The molecule has 0 aliphatic rings. The number of anilines is 3. The molecule has 4 N–H and O–H groups in total. The van der Waals surface area contributed by atoms with Crippen LogP contribution in [0.2, 0.25) is 0 Å². The lowest BCUT2D eigenvalue weighted by atomic mass is 10.1. The van der Waals surface area contributed by atoms with E-state index in [2.05, 4.69) is 20.4 Å². The third-order valence-corrected chi connectivity index (χ3v) is 3.44. The zero-order valence-electron chi connectivity index (χ0n) is 14.8. The van der Waals surface area contributed by atoms with E-state index in [-0.39, 0.29) is 11.5 Å². The molecular weight excluding hydrogens is 358 g/mol. The molecule has 7 nitrogen and oxygen atoms in total. The predicted molar refractivity (Wildman–Crippen MR) is 98.0 cm³/mol. The van der Waals surface area contributed by atoms with Gasteiger partial charge < -0.3 is 25.9 Å². The van der Waals surface area contributed by atoms with Crippen LogP contribution >= 0.6 is 0 Å². The molecule has 0 spiro atoms. The maximum Gasteiger partial charge on any atom is 0.394 e. The Morgan fingerprint density at radius 2 is 1.96 bits per heavy atom. The van der Waals surface area contributed by atoms with Crippen LogP contribution in [-0.2, 0) is 4.79 Å². The van der Waals surface area contributed by atoms with Crippen molar-refractivity contribution < 1.29 is 23.4 Å². The van der Waals surface area contributed by atoms with Gasteiger partial charge in [-0.05, 0) is 36.8 Å². The third-order valence-electron chi connectivity index (χ3n) is 3.44. The van der Waals surface area contributed by atoms with Crippen molar-refractivity contribution in [3.63, 3.8) is 0 Å². The van der Waals surface area contributed by atoms with E-state index in [0.717, 1.165) is 0 Å². The lowest BCUT2D eigenvalue weighted by Crippen LogP contribution is -2.19. The minimum Gasteiger partial charge on any atom is -0.433 e. The van der Waals surface area contributed by atoms with Gasteiger partial charge in [-0.25, -0.2) is 4.98 Å². The Bertz CT molecular complexity index is 820. The van der Waals surface area contributed by atoms with Gasteiger partial charge in [0.25, 0.3) is 0 Å². The van der Waals surface area contributed by atoms with E-state index < -0.39 is 18.6 Å². The fraction of sp³-hybridized carbons (Fsp3) is 0.278. The number of nitrogens with zero attached hydrogens (tertiary/aromatic N) is 1. The first-order chi connectivity index (χ1) is 12.7. The summed E-state index contributed by atoms with van der Waals surface area (Å²) in [5.41, 5.74) is 1.47. The van der Waals surface area contributed by atoms with Crippen LogP contribution < -0.4 is 15.4 Å². The van der Waals surface area contributed by atoms with E-state index >= 15 is 0 Å². The van der Waals surface area contributed by atoms with Crippen LogP contribution in [0.25, 0.3) is 0 Å². The number of ether oxygens (including phenoxy) is 1. The van der Waals surface area contributed by atoms with Gasteiger partial charge in [0, 0.05) is 24.5 Å². The third kappa shape index (κ3) is 5.71. The van der Waals surface area contributed by atoms with Crippen molar-refractivity contribution >= 4 is 28.8 Å². The summed E-state index contributed by atoms with van der Waals surface area (Å²) in [4.78, 5) is 15.7. The van der Waals surface area contributed by atoms with E-state index in [1.165, 1.54) is 36.5 Å². The zero-order chi connectivity index (χ0) is 20.0. The summed E-state index contributed by atoms with van der Waals surface area (Å²) in [5.74, 6) is -0.294. The van der Waals surface area contributed by atoms with Crippen molar-refractivity contribution in [1.29, 1.82) is 5.41 Å². The topological polar surface area (TPSA) is 107 Å². The van der Waals surface area contributed by atoms with Gasteiger partial charge in [0.15, 0.2) is 0 Å². The number of amides is 1. The first kappa shape index (κ1) is 20.2. The standard InChI is InChI=1S/C18H20F2N4O3/c1-3-13(21)16-14(24-15(26)10-25)8-9-22-17(16)23-11-4-6-12(7-5-11)27-18(2,19)20/h4-9,21,25H,3,10H2,1-2H3,(H2,22,23,24,26). The maximum atomic E-state index is 12.9. The van der Waals surface area contributed by atoms with Crippen LogP contribution in [0.5, 0.6) is 5.75 Å². The SMILES string of the molecule is CCC(=N)c1c(NC(=O)CO)ccnc1Nc1ccc(OC(C)(F)F)cc1. The van der Waals surface area contributed by atoms with Gasteiger partial charge in [0.2, 0.25) is 5.91 Å². The van der Waals surface area contributed by atoms with Crippen LogP contribution in [0, 0.1) is 5.41 Å². The van der Waals surface area contributed by atoms with Gasteiger partial charge >= 0.3 is 6.11 Å². The molecule has 27 heavy (non-hydrogen) atoms. The van der Waals surface area contributed by atoms with Gasteiger partial charge in [0.1, 0.15) is 18.2 Å². The van der Waals surface area contributed by atoms with Crippen molar-refractivity contribution in [3.05, 3.63) is 42.1 Å². The number of aromatic nitrogens is 1. The summed E-state index contributed by atoms with van der Waals surface area (Å²) in [5, 5.41) is 22.6. The fourth-order valence-electron chi connectivity index (χ4n) is 2.28. The predicted octanol–water partition coefficient (Wildman–Crippen LogP) is 3.53. The highest BCUT2D eigenvalue weighted by Crippen LogP contribution is 2.28. The van der Waals surface area contributed by atoms with Crippen molar-refractivity contribution in [3.8, 4) is 5.75 Å². The first-order valence-corrected chi connectivity index (χ1v) is 8.15. The number of benzene rings is 1. The molecule has 1 aromatic carbocycles. The Kier molecular flexibility index (Phi) is 6.40. The molecule has 9 heteroatoms. The highest BCUT2D eigenvalue weighted by Gasteiger charge is 2.23. The summed E-state index contributed by atoms with van der Waals surface area (Å²) in [6.45, 7) is 1.75. The molecule has 0 atom stereocenters. The maximum absolute atomic E-state index is 12.9. The number of alkyl halides is 2. The fourth-order valence-corrected chi connectivity index (χ4v) is 2.28. The van der Waals surface area contributed by atoms with Gasteiger partial charge in [0.05, 0.1) is 11.3 Å². The monoisotopic (exact) mass is 378 g/mol. The number of nitrogens with one attached hydrogen (secondary N) is 3. The lowest BCUT2D eigenvalue weighted by molar-refractivity contribution is -0.158. The molecule has 0 saturated carbocycles. The van der Waals surface area contributed by atoms with E-state index in [0.29, 0.717) is 36.1 Å². The second kappa shape index (κ2) is 8.54. The molecule has 144 valence electrons. The summed E-state index contributed by atoms with van der Waals surface area (Å²) < 4.78 is 30.3. The largest absolute Gasteiger partial charge is 0.433 e. The lowest BCUT2D eigenvalue weighted by Gasteiger charge is -2.17. The molecule has 0 aliphatic heterocycles. The Morgan fingerprint density at radius 1 is 1.30 bits per heavy atom. The number of hydrogen-bond acceptors (Lipinski definition) is 6. The highest BCUT2D eigenvalue weighted by atomic mass is 19.3. The van der Waals surface area contributed by atoms with Crippen LogP contribution in [0.1, 0.15) is 25.8 Å². The van der Waals surface area contributed by atoms with Crippen LogP contribution in [0.15, 0.2) is 36.5 Å². The van der Waals surface area contributed by atoms with E-state index in [1.54, 1.807) is 6.92 Å². The highest BCUT2D eigenvalue weighted by molar-refractivity contribution is 6.10. The number of carbonyl (C=O) groups excluding carboxylic acids is 1. The van der Waals surface area contributed by atoms with E-state index in [1.807, 2.05) is 0 Å². The van der Waals surface area contributed by atoms with Crippen LogP contribution in [0.4, 0.5) is 26.0 Å². The molecule has 1 amide bonds. The molecule has 0 fully saturated rings. The summed E-state index contributed by atoms with van der Waals surface area (Å²) >= 11 is 0. The minimum absolute atomic E-state index is 0.00601. The summed E-state index contributed by atoms with van der Waals surface area (Å²) in [7, 11) is 0. The van der Waals surface area contributed by atoms with E-state index in [4.69, 9.17) is 10.5 Å². The van der Waals surface area contributed by atoms with Crippen molar-refractivity contribution in [2.24, 2.45) is 0 Å². The number of halogens is 2. The Hall–Kier alpha value is -3.07. The van der Waals surface area contributed by atoms with E-state index in [9.17, 15) is 13.6 Å². The van der Waals surface area contributed by atoms with Crippen LogP contribution in [-0.4, -0.2) is 34.4 Å². The summed E-state index contributed by atoms with van der Waals surface area (Å²) in [6, 6.07) is 7.34. The summed E-state index contributed by atoms with van der Waals surface area (Å²) in [6.07, 6.45) is -1.45. The molecule has 0 bridgehead atoms. The molecule has 0 radical (unpaired) electrons. The van der Waals surface area contributed by atoms with Gasteiger partial charge in [-0.15, -0.1) is 0 Å². The minimum atomic E-state index is -3.28. The van der Waals surface area contributed by atoms with Crippen molar-refractivity contribution in [2.75, 3.05) is 17.2 Å². The van der Waals surface area contributed by atoms with Crippen molar-refractivity contribution in [2.45, 2.75) is 26.4 Å². The average Bonchev–Trinajstić information content (AvgIpc) is 2.61. The molecule has 0 aliphatic carbocycles. The molecular formula is C18H20F2N4O3. The quantitative estimate of drug-likeness (QED) is 0.526. The van der Waals surface area contributed by atoms with Gasteiger partial charge in [-0.2, -0.15) is 8.78 Å². The molecule has 1 aromatic heterocycles. The zero-order valence-corrected chi connectivity index (χ0v) is 14.8. The normalized spacial score (nSPS) is 11.0. The smallest absolute Gasteiger partial charge is 0.394 e. The van der Waals surface area contributed by atoms with Gasteiger partial charge in [-0.3, -0.25) is 4.79 Å². The molecule has 2 rings (SSSR count). The van der Waals surface area contributed by atoms with Gasteiger partial charge in [-0.1, -0.05) is 6.92 Å². The number of aliphatic hydroxyl groups excluding tert-OH is 1. The Morgan fingerprint density at radius 3 is 2.52 bits per heavy atom. The number of carbonyl (C=O) groups is 1.